The second-order valence-corrected chi connectivity index (χ2v) is 3.55. The van der Waals surface area contributed by atoms with E-state index in [4.69, 9.17) is 14.2 Å². The van der Waals surface area contributed by atoms with Crippen LogP contribution >= 0.6 is 0 Å². The zero-order valence-corrected chi connectivity index (χ0v) is 8.88. The summed E-state index contributed by atoms with van der Waals surface area (Å²) in [4.78, 5) is 11.2. The minimum absolute atomic E-state index is 0.174. The van der Waals surface area contributed by atoms with Crippen molar-refractivity contribution in [1.82, 2.24) is 0 Å². The Balaban J connectivity index is 2.15. The number of hydrogen-bond donors (Lipinski definition) is 0. The van der Waals surface area contributed by atoms with Gasteiger partial charge >= 0.3 is 5.97 Å². The summed E-state index contributed by atoms with van der Waals surface area (Å²) in [6.45, 7) is 5.54. The fraction of sp³-hybridized carbons (Fsp3) is 0.900. The van der Waals surface area contributed by atoms with Crippen LogP contribution in [-0.2, 0) is 19.0 Å². The molecule has 0 saturated carbocycles. The molecule has 0 radical (unpaired) electrons. The van der Waals surface area contributed by atoms with Gasteiger partial charge in [-0.05, 0) is 13.3 Å². The predicted octanol–water partition coefficient (Wildman–Crippen LogP) is 1.48. The van der Waals surface area contributed by atoms with E-state index in [2.05, 4.69) is 0 Å². The topological polar surface area (TPSA) is 44.8 Å². The fourth-order valence-corrected chi connectivity index (χ4v) is 1.32. The molecule has 0 spiro atoms. The molecular weight excluding hydrogens is 184 g/mol. The van der Waals surface area contributed by atoms with E-state index < -0.39 is 5.79 Å². The van der Waals surface area contributed by atoms with Crippen LogP contribution < -0.4 is 0 Å². The summed E-state index contributed by atoms with van der Waals surface area (Å²) in [5.74, 6) is -0.752. The zero-order valence-electron chi connectivity index (χ0n) is 8.88. The third-order valence-electron chi connectivity index (χ3n) is 2.15. The fourth-order valence-electron chi connectivity index (χ4n) is 1.32. The molecule has 0 aliphatic carbocycles. The molecule has 4 heteroatoms. The van der Waals surface area contributed by atoms with Gasteiger partial charge in [-0.3, -0.25) is 4.79 Å². The maximum absolute atomic E-state index is 11.2. The van der Waals surface area contributed by atoms with Crippen molar-refractivity contribution in [2.75, 3.05) is 19.8 Å². The number of esters is 1. The monoisotopic (exact) mass is 202 g/mol. The van der Waals surface area contributed by atoms with Crippen LogP contribution in [0.1, 0.15) is 33.1 Å². The maximum Gasteiger partial charge on any atom is 0.305 e. The lowest BCUT2D eigenvalue weighted by atomic mass is 10.2. The molecule has 0 bridgehead atoms. The Morgan fingerprint density at radius 3 is 2.64 bits per heavy atom. The van der Waals surface area contributed by atoms with Crippen LogP contribution in [0.3, 0.4) is 0 Å². The van der Waals surface area contributed by atoms with Gasteiger partial charge in [0.1, 0.15) is 0 Å². The van der Waals surface area contributed by atoms with Crippen LogP contribution in [0.4, 0.5) is 0 Å². The van der Waals surface area contributed by atoms with Crippen LogP contribution in [0, 0.1) is 0 Å². The summed E-state index contributed by atoms with van der Waals surface area (Å²) < 4.78 is 15.7. The zero-order chi connectivity index (χ0) is 10.4. The van der Waals surface area contributed by atoms with Crippen molar-refractivity contribution in [2.24, 2.45) is 0 Å². The smallest absolute Gasteiger partial charge is 0.305 e. The van der Waals surface area contributed by atoms with Crippen molar-refractivity contribution >= 4 is 5.97 Å². The first-order valence-electron chi connectivity index (χ1n) is 5.10. The third kappa shape index (κ3) is 3.64. The van der Waals surface area contributed by atoms with E-state index in [9.17, 15) is 4.79 Å². The minimum atomic E-state index is -0.578. The molecule has 0 unspecified atom stereocenters. The molecule has 82 valence electrons. The van der Waals surface area contributed by atoms with Crippen LogP contribution in [0.5, 0.6) is 0 Å². The van der Waals surface area contributed by atoms with E-state index in [-0.39, 0.29) is 5.97 Å². The summed E-state index contributed by atoms with van der Waals surface area (Å²) >= 11 is 0. The molecule has 0 atom stereocenters. The lowest BCUT2D eigenvalue weighted by Gasteiger charge is -2.21. The van der Waals surface area contributed by atoms with E-state index >= 15 is 0 Å². The number of carbonyl (C=O) groups excluding carboxylic acids is 1. The van der Waals surface area contributed by atoms with E-state index in [0.717, 1.165) is 6.42 Å². The maximum atomic E-state index is 11.2. The molecule has 0 aromatic heterocycles. The Morgan fingerprint density at radius 1 is 1.43 bits per heavy atom. The third-order valence-corrected chi connectivity index (χ3v) is 2.15. The highest BCUT2D eigenvalue weighted by atomic mass is 16.7. The highest BCUT2D eigenvalue weighted by molar-refractivity contribution is 5.69. The number of ether oxygens (including phenoxy) is 3. The molecular formula is C10H18O4. The van der Waals surface area contributed by atoms with E-state index in [1.54, 1.807) is 0 Å². The number of rotatable bonds is 5. The highest BCUT2D eigenvalue weighted by Gasteiger charge is 2.31. The van der Waals surface area contributed by atoms with Crippen molar-refractivity contribution in [3.63, 3.8) is 0 Å². The summed E-state index contributed by atoms with van der Waals surface area (Å²) in [6.07, 6.45) is 1.78. The van der Waals surface area contributed by atoms with Gasteiger partial charge in [0.2, 0.25) is 0 Å². The average Bonchev–Trinajstić information content (AvgIpc) is 2.60. The van der Waals surface area contributed by atoms with Gasteiger partial charge in [0.25, 0.3) is 0 Å². The van der Waals surface area contributed by atoms with Crippen molar-refractivity contribution < 1.29 is 19.0 Å². The van der Waals surface area contributed by atoms with Crippen LogP contribution in [0.2, 0.25) is 0 Å². The molecule has 0 aromatic rings. The minimum Gasteiger partial charge on any atom is -0.466 e. The van der Waals surface area contributed by atoms with Gasteiger partial charge in [0.15, 0.2) is 5.79 Å². The first-order chi connectivity index (χ1) is 6.66. The second kappa shape index (κ2) is 5.32. The lowest BCUT2D eigenvalue weighted by molar-refractivity contribution is -0.161. The molecule has 1 fully saturated rings. The Bertz CT molecular complexity index is 185. The average molecular weight is 202 g/mol. The standard InChI is InChI=1S/C10H18O4/c1-3-6-12-9(11)4-5-10(2)13-7-8-14-10/h3-8H2,1-2H3. The number of hydrogen-bond acceptors (Lipinski definition) is 4. The normalized spacial score (nSPS) is 19.6. The Labute approximate surface area is 84.5 Å². The van der Waals surface area contributed by atoms with Crippen molar-refractivity contribution in [3.05, 3.63) is 0 Å². The summed E-state index contributed by atoms with van der Waals surface area (Å²) in [5.41, 5.74) is 0. The van der Waals surface area contributed by atoms with E-state index in [1.165, 1.54) is 0 Å². The van der Waals surface area contributed by atoms with Crippen LogP contribution in [-0.4, -0.2) is 31.6 Å². The molecule has 0 amide bonds. The predicted molar refractivity (Wildman–Crippen MR) is 50.8 cm³/mol. The van der Waals surface area contributed by atoms with Crippen molar-refractivity contribution in [3.8, 4) is 0 Å². The van der Waals surface area contributed by atoms with Gasteiger partial charge in [0.05, 0.1) is 26.2 Å². The van der Waals surface area contributed by atoms with E-state index in [1.807, 2.05) is 13.8 Å². The van der Waals surface area contributed by atoms with Crippen LogP contribution in [0.15, 0.2) is 0 Å². The first-order valence-corrected chi connectivity index (χ1v) is 5.10. The number of carbonyl (C=O) groups is 1. The van der Waals surface area contributed by atoms with E-state index in [0.29, 0.717) is 32.7 Å². The lowest BCUT2D eigenvalue weighted by Crippen LogP contribution is -2.26. The molecule has 1 saturated heterocycles. The van der Waals surface area contributed by atoms with Gasteiger partial charge < -0.3 is 14.2 Å². The summed E-state index contributed by atoms with van der Waals surface area (Å²) in [6, 6.07) is 0. The van der Waals surface area contributed by atoms with Gasteiger partial charge in [-0.2, -0.15) is 0 Å². The van der Waals surface area contributed by atoms with Crippen LogP contribution in [0.25, 0.3) is 0 Å². The quantitative estimate of drug-likeness (QED) is 0.633. The first kappa shape index (κ1) is 11.5. The Kier molecular flexibility index (Phi) is 4.35. The molecule has 1 rings (SSSR count). The SMILES string of the molecule is CCCOC(=O)CCC1(C)OCCO1. The molecule has 1 aliphatic rings. The van der Waals surface area contributed by atoms with Gasteiger partial charge in [-0.15, -0.1) is 0 Å². The largest absolute Gasteiger partial charge is 0.466 e. The molecule has 14 heavy (non-hydrogen) atoms. The molecule has 1 heterocycles. The molecule has 0 N–H and O–H groups in total. The van der Waals surface area contributed by atoms with Crippen molar-refractivity contribution in [2.45, 2.75) is 38.9 Å². The van der Waals surface area contributed by atoms with Gasteiger partial charge in [-0.25, -0.2) is 0 Å². The second-order valence-electron chi connectivity index (χ2n) is 3.55. The highest BCUT2D eigenvalue weighted by Crippen LogP contribution is 2.24. The molecule has 1 aliphatic heterocycles. The van der Waals surface area contributed by atoms with Gasteiger partial charge in [-0.1, -0.05) is 6.92 Å². The Hall–Kier alpha value is -0.610. The summed E-state index contributed by atoms with van der Waals surface area (Å²) in [7, 11) is 0. The Morgan fingerprint density at radius 2 is 2.07 bits per heavy atom. The molecule has 0 aromatic carbocycles. The molecule has 4 nitrogen and oxygen atoms in total. The van der Waals surface area contributed by atoms with Crippen molar-refractivity contribution in [1.29, 1.82) is 0 Å². The van der Waals surface area contributed by atoms with Gasteiger partial charge in [0, 0.05) is 6.42 Å². The summed E-state index contributed by atoms with van der Waals surface area (Å²) in [5, 5.41) is 0.